The van der Waals surface area contributed by atoms with Crippen LogP contribution in [0.2, 0.25) is 0 Å². The summed E-state index contributed by atoms with van der Waals surface area (Å²) < 4.78 is 6.08. The first kappa shape index (κ1) is 15.3. The van der Waals surface area contributed by atoms with E-state index in [0.29, 0.717) is 6.10 Å². The van der Waals surface area contributed by atoms with E-state index in [1.54, 1.807) is 0 Å². The number of rotatable bonds is 6. The van der Waals surface area contributed by atoms with Crippen LogP contribution in [0, 0.1) is 11.8 Å². The van der Waals surface area contributed by atoms with Gasteiger partial charge in [-0.25, -0.2) is 4.98 Å². The fourth-order valence-corrected chi connectivity index (χ4v) is 2.79. The molecule has 0 aromatic carbocycles. The fraction of sp³-hybridized carbons (Fsp3) is 0.706. The van der Waals surface area contributed by atoms with Crippen LogP contribution >= 0.6 is 0 Å². The standard InChI is InChI=1S/C17H28N2O/c1-4-10-18-12-15-6-5-7-17(19-15)20-16-9-8-13(2)14(3)11-16/h5-7,13-14,16,18H,4,8-12H2,1-3H3. The molecule has 112 valence electrons. The molecular formula is C17H28N2O. The molecule has 1 aliphatic rings. The molecule has 3 atom stereocenters. The van der Waals surface area contributed by atoms with Gasteiger partial charge < -0.3 is 10.1 Å². The number of hydrogen-bond acceptors (Lipinski definition) is 3. The van der Waals surface area contributed by atoms with Gasteiger partial charge in [0.2, 0.25) is 5.88 Å². The maximum absolute atomic E-state index is 6.08. The third kappa shape index (κ3) is 4.48. The molecule has 3 nitrogen and oxygen atoms in total. The molecule has 0 spiro atoms. The molecule has 2 rings (SSSR count). The topological polar surface area (TPSA) is 34.1 Å². The number of nitrogens with one attached hydrogen (secondary N) is 1. The van der Waals surface area contributed by atoms with Crippen molar-refractivity contribution in [1.82, 2.24) is 10.3 Å². The minimum absolute atomic E-state index is 0.340. The lowest BCUT2D eigenvalue weighted by Gasteiger charge is -2.31. The molecule has 1 heterocycles. The van der Waals surface area contributed by atoms with Crippen molar-refractivity contribution < 1.29 is 4.74 Å². The Morgan fingerprint density at radius 1 is 1.25 bits per heavy atom. The Bertz CT molecular complexity index is 408. The van der Waals surface area contributed by atoms with Gasteiger partial charge in [0.1, 0.15) is 6.10 Å². The highest BCUT2D eigenvalue weighted by Gasteiger charge is 2.25. The molecule has 1 aromatic heterocycles. The molecule has 1 N–H and O–H groups in total. The highest BCUT2D eigenvalue weighted by molar-refractivity contribution is 5.16. The predicted octanol–water partition coefficient (Wildman–Crippen LogP) is 3.78. The molecule has 0 amide bonds. The number of pyridine rings is 1. The lowest BCUT2D eigenvalue weighted by Crippen LogP contribution is -2.29. The van der Waals surface area contributed by atoms with Gasteiger partial charge in [0.05, 0.1) is 5.69 Å². The van der Waals surface area contributed by atoms with Crippen LogP contribution in [0.25, 0.3) is 0 Å². The van der Waals surface area contributed by atoms with Gasteiger partial charge in [0.25, 0.3) is 0 Å². The largest absolute Gasteiger partial charge is 0.474 e. The molecule has 1 aliphatic carbocycles. The average Bonchev–Trinajstić information content (AvgIpc) is 2.44. The summed E-state index contributed by atoms with van der Waals surface area (Å²) in [6, 6.07) is 6.08. The van der Waals surface area contributed by atoms with E-state index in [-0.39, 0.29) is 0 Å². The molecule has 0 radical (unpaired) electrons. The molecule has 0 bridgehead atoms. The molecule has 1 saturated carbocycles. The summed E-state index contributed by atoms with van der Waals surface area (Å²) in [5.41, 5.74) is 1.06. The van der Waals surface area contributed by atoms with Gasteiger partial charge in [-0.15, -0.1) is 0 Å². The Kier molecular flexibility index (Phi) is 5.84. The van der Waals surface area contributed by atoms with E-state index in [4.69, 9.17) is 4.74 Å². The number of ether oxygens (including phenoxy) is 1. The van der Waals surface area contributed by atoms with Crippen LogP contribution in [-0.2, 0) is 6.54 Å². The normalized spacial score (nSPS) is 26.4. The Morgan fingerprint density at radius 2 is 2.10 bits per heavy atom. The van der Waals surface area contributed by atoms with Gasteiger partial charge in [-0.1, -0.05) is 26.8 Å². The number of hydrogen-bond donors (Lipinski definition) is 1. The monoisotopic (exact) mass is 276 g/mol. The van der Waals surface area contributed by atoms with Crippen LogP contribution in [0.5, 0.6) is 5.88 Å². The Labute approximate surface area is 123 Å². The molecule has 0 saturated heterocycles. The molecule has 20 heavy (non-hydrogen) atoms. The van der Waals surface area contributed by atoms with Crippen molar-refractivity contribution in [3.05, 3.63) is 23.9 Å². The van der Waals surface area contributed by atoms with Crippen LogP contribution in [0.1, 0.15) is 52.1 Å². The van der Waals surface area contributed by atoms with Gasteiger partial charge in [-0.3, -0.25) is 0 Å². The summed E-state index contributed by atoms with van der Waals surface area (Å²) in [6.45, 7) is 8.71. The minimum Gasteiger partial charge on any atom is -0.474 e. The van der Waals surface area contributed by atoms with Gasteiger partial charge >= 0.3 is 0 Å². The van der Waals surface area contributed by atoms with Crippen LogP contribution in [-0.4, -0.2) is 17.6 Å². The molecule has 3 heteroatoms. The molecular weight excluding hydrogens is 248 g/mol. The van der Waals surface area contributed by atoms with E-state index in [1.807, 2.05) is 12.1 Å². The van der Waals surface area contributed by atoms with Crippen LogP contribution in [0.3, 0.4) is 0 Å². The van der Waals surface area contributed by atoms with E-state index in [2.05, 4.69) is 37.1 Å². The van der Waals surface area contributed by atoms with Crippen molar-refractivity contribution in [1.29, 1.82) is 0 Å². The summed E-state index contributed by atoms with van der Waals surface area (Å²) >= 11 is 0. The maximum Gasteiger partial charge on any atom is 0.213 e. The zero-order chi connectivity index (χ0) is 14.4. The average molecular weight is 276 g/mol. The zero-order valence-electron chi connectivity index (χ0n) is 13.1. The number of nitrogens with zero attached hydrogens (tertiary/aromatic N) is 1. The zero-order valence-corrected chi connectivity index (χ0v) is 13.1. The quantitative estimate of drug-likeness (QED) is 0.803. The second kappa shape index (κ2) is 7.63. The first-order chi connectivity index (χ1) is 9.69. The predicted molar refractivity (Wildman–Crippen MR) is 82.8 cm³/mol. The van der Waals surface area contributed by atoms with E-state index < -0.39 is 0 Å². The maximum atomic E-state index is 6.08. The Morgan fingerprint density at radius 3 is 2.85 bits per heavy atom. The lowest BCUT2D eigenvalue weighted by molar-refractivity contribution is 0.0962. The van der Waals surface area contributed by atoms with E-state index >= 15 is 0 Å². The van der Waals surface area contributed by atoms with Gasteiger partial charge in [-0.05, 0) is 50.1 Å². The summed E-state index contributed by atoms with van der Waals surface area (Å²) in [6.07, 6.45) is 5.07. The minimum atomic E-state index is 0.340. The first-order valence-corrected chi connectivity index (χ1v) is 8.02. The van der Waals surface area contributed by atoms with Crippen molar-refractivity contribution in [3.63, 3.8) is 0 Å². The first-order valence-electron chi connectivity index (χ1n) is 8.02. The molecule has 3 unspecified atom stereocenters. The summed E-state index contributed by atoms with van der Waals surface area (Å²) in [5, 5.41) is 3.38. The van der Waals surface area contributed by atoms with Crippen LogP contribution in [0.4, 0.5) is 0 Å². The highest BCUT2D eigenvalue weighted by atomic mass is 16.5. The van der Waals surface area contributed by atoms with Crippen molar-refractivity contribution in [3.8, 4) is 5.88 Å². The van der Waals surface area contributed by atoms with Gasteiger partial charge in [0.15, 0.2) is 0 Å². The van der Waals surface area contributed by atoms with Crippen LogP contribution in [0.15, 0.2) is 18.2 Å². The van der Waals surface area contributed by atoms with Crippen molar-refractivity contribution >= 4 is 0 Å². The van der Waals surface area contributed by atoms with E-state index in [1.165, 1.54) is 6.42 Å². The third-order valence-electron chi connectivity index (χ3n) is 4.35. The molecule has 0 aliphatic heterocycles. The van der Waals surface area contributed by atoms with Crippen LogP contribution < -0.4 is 10.1 Å². The van der Waals surface area contributed by atoms with Crippen molar-refractivity contribution in [2.24, 2.45) is 11.8 Å². The third-order valence-corrected chi connectivity index (χ3v) is 4.35. The second-order valence-corrected chi connectivity index (χ2v) is 6.15. The second-order valence-electron chi connectivity index (χ2n) is 6.15. The summed E-state index contributed by atoms with van der Waals surface area (Å²) in [7, 11) is 0. The summed E-state index contributed by atoms with van der Waals surface area (Å²) in [5.74, 6) is 2.36. The van der Waals surface area contributed by atoms with Gasteiger partial charge in [0, 0.05) is 12.6 Å². The Balaban J connectivity index is 1.87. The van der Waals surface area contributed by atoms with Gasteiger partial charge in [-0.2, -0.15) is 0 Å². The van der Waals surface area contributed by atoms with E-state index in [0.717, 1.165) is 55.8 Å². The Hall–Kier alpha value is -1.09. The molecule has 1 aromatic rings. The highest BCUT2D eigenvalue weighted by Crippen LogP contribution is 2.31. The van der Waals surface area contributed by atoms with E-state index in [9.17, 15) is 0 Å². The number of aromatic nitrogens is 1. The molecule has 1 fully saturated rings. The van der Waals surface area contributed by atoms with Crippen molar-refractivity contribution in [2.75, 3.05) is 6.54 Å². The lowest BCUT2D eigenvalue weighted by atomic mass is 9.80. The SMILES string of the molecule is CCCNCc1cccc(OC2CCC(C)C(C)C2)n1. The summed E-state index contributed by atoms with van der Waals surface area (Å²) in [4.78, 5) is 4.60. The smallest absolute Gasteiger partial charge is 0.213 e. The fourth-order valence-electron chi connectivity index (χ4n) is 2.79. The van der Waals surface area contributed by atoms with Crippen molar-refractivity contribution in [2.45, 2.75) is 59.1 Å².